The molecule has 1 aromatic heterocycles. The van der Waals surface area contributed by atoms with E-state index in [1.165, 1.54) is 18.2 Å². The number of aromatic nitrogens is 2. The van der Waals surface area contributed by atoms with Gasteiger partial charge in [0.05, 0.1) is 16.3 Å². The minimum Gasteiger partial charge on any atom is -0.396 e. The van der Waals surface area contributed by atoms with E-state index in [1.807, 2.05) is 0 Å². The van der Waals surface area contributed by atoms with Crippen molar-refractivity contribution in [1.29, 1.82) is 0 Å². The molecule has 1 aromatic carbocycles. The third-order valence-electron chi connectivity index (χ3n) is 2.57. The molecule has 0 bridgehead atoms. The van der Waals surface area contributed by atoms with Gasteiger partial charge in [-0.05, 0) is 18.2 Å². The fourth-order valence-electron chi connectivity index (χ4n) is 1.66. The molecule has 0 spiro atoms. The van der Waals surface area contributed by atoms with Gasteiger partial charge in [0.25, 0.3) is 0 Å². The molecule has 9 heteroatoms. The summed E-state index contributed by atoms with van der Waals surface area (Å²) in [5.74, 6) is 0. The van der Waals surface area contributed by atoms with E-state index in [0.717, 1.165) is 23.2 Å². The largest absolute Gasteiger partial charge is 0.435 e. The zero-order chi connectivity index (χ0) is 15.1. The molecule has 108 valence electrons. The second kappa shape index (κ2) is 4.51. The highest BCUT2D eigenvalue weighted by molar-refractivity contribution is 7.90. The number of rotatable bonds is 2. The van der Waals surface area contributed by atoms with E-state index in [9.17, 15) is 21.6 Å². The number of hydrogen-bond donors (Lipinski definition) is 1. The number of nitrogens with two attached hydrogens (primary N) is 1. The molecule has 0 unspecified atom stereocenters. The van der Waals surface area contributed by atoms with Crippen molar-refractivity contribution < 1.29 is 21.6 Å². The summed E-state index contributed by atoms with van der Waals surface area (Å²) in [5.41, 5.74) is 4.54. The van der Waals surface area contributed by atoms with Gasteiger partial charge in [0.1, 0.15) is 0 Å². The van der Waals surface area contributed by atoms with Gasteiger partial charge in [-0.3, -0.25) is 0 Å². The minimum absolute atomic E-state index is 0.0726. The molecule has 0 amide bonds. The zero-order valence-corrected chi connectivity index (χ0v) is 11.0. The first kappa shape index (κ1) is 14.4. The van der Waals surface area contributed by atoms with Gasteiger partial charge in [0.15, 0.2) is 15.5 Å². The number of nitrogen functional groups attached to an aromatic ring is 1. The third kappa shape index (κ3) is 2.62. The van der Waals surface area contributed by atoms with Gasteiger partial charge in [-0.1, -0.05) is 6.07 Å². The maximum atomic E-state index is 12.5. The van der Waals surface area contributed by atoms with E-state index in [2.05, 4.69) is 5.10 Å². The lowest BCUT2D eigenvalue weighted by atomic mass is 10.3. The molecule has 0 aliphatic rings. The fraction of sp³-hybridized carbons (Fsp3) is 0.182. The molecule has 2 N–H and O–H groups in total. The summed E-state index contributed by atoms with van der Waals surface area (Å²) in [5, 5.41) is 3.35. The van der Waals surface area contributed by atoms with Crippen molar-refractivity contribution in [3.8, 4) is 5.69 Å². The summed E-state index contributed by atoms with van der Waals surface area (Å²) in [4.78, 5) is -0.154. The van der Waals surface area contributed by atoms with Crippen molar-refractivity contribution in [2.24, 2.45) is 0 Å². The number of halogens is 3. The Labute approximate surface area is 112 Å². The maximum Gasteiger partial charge on any atom is 0.435 e. The van der Waals surface area contributed by atoms with Crippen molar-refractivity contribution in [3.05, 3.63) is 36.2 Å². The van der Waals surface area contributed by atoms with Gasteiger partial charge in [-0.15, -0.1) is 0 Å². The van der Waals surface area contributed by atoms with Crippen LogP contribution in [0.1, 0.15) is 5.69 Å². The second-order valence-corrected chi connectivity index (χ2v) is 6.09. The van der Waals surface area contributed by atoms with Crippen LogP contribution < -0.4 is 5.73 Å². The zero-order valence-electron chi connectivity index (χ0n) is 10.2. The molecule has 5 nitrogen and oxygen atoms in total. The van der Waals surface area contributed by atoms with Crippen molar-refractivity contribution >= 4 is 15.5 Å². The van der Waals surface area contributed by atoms with Crippen LogP contribution in [0.5, 0.6) is 0 Å². The minimum atomic E-state index is -4.57. The van der Waals surface area contributed by atoms with E-state index in [0.29, 0.717) is 0 Å². The molecule has 1 heterocycles. The predicted octanol–water partition coefficient (Wildman–Crippen LogP) is 1.88. The number of benzene rings is 1. The summed E-state index contributed by atoms with van der Waals surface area (Å²) >= 11 is 0. The third-order valence-corrected chi connectivity index (χ3v) is 3.72. The lowest BCUT2D eigenvalue weighted by molar-refractivity contribution is -0.141. The summed E-state index contributed by atoms with van der Waals surface area (Å²) in [6.45, 7) is 0. The molecule has 0 atom stereocenters. The number of alkyl halides is 3. The number of para-hydroxylation sites is 1. The molecule has 0 saturated heterocycles. The first-order chi connectivity index (χ1) is 9.10. The Kier molecular flexibility index (Phi) is 3.24. The van der Waals surface area contributed by atoms with Gasteiger partial charge in [-0.2, -0.15) is 18.3 Å². The Morgan fingerprint density at radius 2 is 1.90 bits per heavy atom. The lowest BCUT2D eigenvalue weighted by Crippen LogP contribution is -2.10. The van der Waals surface area contributed by atoms with Crippen molar-refractivity contribution in [1.82, 2.24) is 9.78 Å². The van der Waals surface area contributed by atoms with Gasteiger partial charge >= 0.3 is 6.18 Å². The van der Waals surface area contributed by atoms with E-state index in [-0.39, 0.29) is 16.3 Å². The normalized spacial score (nSPS) is 12.6. The predicted molar refractivity (Wildman–Crippen MR) is 66.1 cm³/mol. The summed E-state index contributed by atoms with van der Waals surface area (Å²) in [7, 11) is -3.57. The maximum absolute atomic E-state index is 12.5. The molecule has 0 saturated carbocycles. The van der Waals surface area contributed by atoms with Crippen molar-refractivity contribution in [3.63, 3.8) is 0 Å². The number of nitrogens with zero attached hydrogens (tertiary/aromatic N) is 2. The molecular weight excluding hydrogens is 295 g/mol. The average Bonchev–Trinajstić information content (AvgIpc) is 2.76. The molecular formula is C11H10F3N3O2S. The van der Waals surface area contributed by atoms with E-state index in [1.54, 1.807) is 0 Å². The summed E-state index contributed by atoms with van der Waals surface area (Å²) in [6, 6.07) is 4.84. The first-order valence-corrected chi connectivity index (χ1v) is 7.21. The summed E-state index contributed by atoms with van der Waals surface area (Å²) in [6.07, 6.45) is -2.54. The highest BCUT2D eigenvalue weighted by atomic mass is 32.2. The summed E-state index contributed by atoms with van der Waals surface area (Å²) < 4.78 is 61.4. The Hall–Kier alpha value is -2.03. The molecule has 0 aliphatic heterocycles. The fourth-order valence-corrected chi connectivity index (χ4v) is 2.49. The first-order valence-electron chi connectivity index (χ1n) is 5.32. The highest BCUT2D eigenvalue weighted by Crippen LogP contribution is 2.30. The second-order valence-electron chi connectivity index (χ2n) is 4.10. The number of anilines is 1. The van der Waals surface area contributed by atoms with Crippen LogP contribution in [0.2, 0.25) is 0 Å². The van der Waals surface area contributed by atoms with Crippen LogP contribution in [0.4, 0.5) is 18.9 Å². The number of sulfone groups is 1. The average molecular weight is 305 g/mol. The van der Waals surface area contributed by atoms with Gasteiger partial charge in [0, 0.05) is 12.5 Å². The quantitative estimate of drug-likeness (QED) is 0.859. The van der Waals surface area contributed by atoms with E-state index in [4.69, 9.17) is 5.73 Å². The molecule has 2 rings (SSSR count). The van der Waals surface area contributed by atoms with Crippen LogP contribution in [-0.2, 0) is 16.0 Å². The van der Waals surface area contributed by atoms with Crippen LogP contribution in [0.15, 0.2) is 35.4 Å². The van der Waals surface area contributed by atoms with E-state index < -0.39 is 21.7 Å². The Balaban J connectivity index is 2.57. The lowest BCUT2D eigenvalue weighted by Gasteiger charge is -2.09. The van der Waals surface area contributed by atoms with Crippen LogP contribution in [0.25, 0.3) is 5.69 Å². The molecule has 0 fully saturated rings. The molecule has 0 radical (unpaired) electrons. The van der Waals surface area contributed by atoms with Gasteiger partial charge in [0.2, 0.25) is 0 Å². The van der Waals surface area contributed by atoms with Gasteiger partial charge in [-0.25, -0.2) is 13.1 Å². The van der Waals surface area contributed by atoms with Crippen LogP contribution in [-0.4, -0.2) is 24.5 Å². The Bertz CT molecular complexity index is 751. The molecule has 2 aromatic rings. The topological polar surface area (TPSA) is 78.0 Å². The smallest absolute Gasteiger partial charge is 0.396 e. The van der Waals surface area contributed by atoms with Crippen LogP contribution in [0, 0.1) is 0 Å². The van der Waals surface area contributed by atoms with Crippen molar-refractivity contribution in [2.75, 3.05) is 12.0 Å². The van der Waals surface area contributed by atoms with Crippen LogP contribution in [0.3, 0.4) is 0 Å². The standard InChI is InChI=1S/C11H10F3N3O2S/c1-20(18,19)8-4-2-3-7(10(8)15)17-6-5-9(16-17)11(12,13)14/h2-6H,15H2,1H3. The highest BCUT2D eigenvalue weighted by Gasteiger charge is 2.33. The molecule has 20 heavy (non-hydrogen) atoms. The Morgan fingerprint density at radius 3 is 2.40 bits per heavy atom. The SMILES string of the molecule is CS(=O)(=O)c1cccc(-n2ccc(C(F)(F)F)n2)c1N. The van der Waals surface area contributed by atoms with E-state index >= 15 is 0 Å². The van der Waals surface area contributed by atoms with Crippen molar-refractivity contribution in [2.45, 2.75) is 11.1 Å². The van der Waals surface area contributed by atoms with Gasteiger partial charge < -0.3 is 5.73 Å². The number of hydrogen-bond acceptors (Lipinski definition) is 4. The molecule has 0 aliphatic carbocycles. The monoisotopic (exact) mass is 305 g/mol. The Morgan fingerprint density at radius 1 is 1.25 bits per heavy atom. The van der Waals surface area contributed by atoms with Crippen LogP contribution >= 0.6 is 0 Å².